The number of amides is 1. The number of rotatable bonds is 3. The second kappa shape index (κ2) is 5.07. The average molecular weight is 285 g/mol. The third-order valence-electron chi connectivity index (χ3n) is 1.99. The first-order chi connectivity index (χ1) is 8.58. The minimum Gasteiger partial charge on any atom is -0.296 e. The van der Waals surface area contributed by atoms with Gasteiger partial charge >= 0.3 is 0 Å². The minimum absolute atomic E-state index is 0.0209. The van der Waals surface area contributed by atoms with Crippen LogP contribution in [0.2, 0.25) is 5.02 Å². The summed E-state index contributed by atoms with van der Waals surface area (Å²) >= 11 is 6.79. The fourth-order valence-electron chi connectivity index (χ4n) is 1.19. The molecule has 0 aliphatic carbocycles. The first-order valence-electron chi connectivity index (χ1n) is 4.59. The van der Waals surface area contributed by atoms with E-state index in [1.54, 1.807) is 0 Å². The van der Waals surface area contributed by atoms with Gasteiger partial charge in [0.25, 0.3) is 11.6 Å². The number of nitrogens with one attached hydrogen (secondary N) is 1. The first kappa shape index (κ1) is 12.4. The summed E-state index contributed by atoms with van der Waals surface area (Å²) in [5.41, 5.74) is 1.27. The number of carbonyl (C=O) groups is 1. The molecule has 0 atom stereocenters. The molecule has 0 aliphatic rings. The van der Waals surface area contributed by atoms with Gasteiger partial charge in [0, 0.05) is 11.6 Å². The Hall–Kier alpha value is -2.06. The fraction of sp³-hybridized carbons (Fsp3) is 0. The summed E-state index contributed by atoms with van der Waals surface area (Å²) in [4.78, 5) is 21.8. The van der Waals surface area contributed by atoms with Gasteiger partial charge in [-0.3, -0.25) is 20.2 Å². The lowest BCUT2D eigenvalue weighted by molar-refractivity contribution is -0.384. The van der Waals surface area contributed by atoms with Crippen molar-refractivity contribution in [1.82, 2.24) is 10.2 Å². The van der Waals surface area contributed by atoms with Crippen molar-refractivity contribution in [3.8, 4) is 0 Å². The van der Waals surface area contributed by atoms with Gasteiger partial charge in [0.2, 0.25) is 5.13 Å². The molecule has 0 fully saturated rings. The quantitative estimate of drug-likeness (QED) is 0.689. The summed E-state index contributed by atoms with van der Waals surface area (Å²) in [5.74, 6) is -0.508. The van der Waals surface area contributed by atoms with Crippen LogP contribution in [0.15, 0.2) is 23.7 Å². The summed E-state index contributed by atoms with van der Waals surface area (Å²) in [6, 6.07) is 3.80. The first-order valence-corrected chi connectivity index (χ1v) is 5.85. The van der Waals surface area contributed by atoms with Crippen LogP contribution in [0.5, 0.6) is 0 Å². The highest BCUT2D eigenvalue weighted by Gasteiger charge is 2.16. The van der Waals surface area contributed by atoms with Crippen molar-refractivity contribution < 1.29 is 9.72 Å². The Balaban J connectivity index is 2.26. The average Bonchev–Trinajstić information content (AvgIpc) is 2.81. The van der Waals surface area contributed by atoms with Crippen LogP contribution in [0.3, 0.4) is 0 Å². The van der Waals surface area contributed by atoms with Crippen LogP contribution >= 0.6 is 22.9 Å². The van der Waals surface area contributed by atoms with E-state index in [0.717, 1.165) is 17.4 Å². The molecule has 92 valence electrons. The lowest BCUT2D eigenvalue weighted by Crippen LogP contribution is -2.12. The molecule has 2 aromatic rings. The van der Waals surface area contributed by atoms with E-state index in [0.29, 0.717) is 5.13 Å². The van der Waals surface area contributed by atoms with Crippen molar-refractivity contribution in [3.63, 3.8) is 0 Å². The van der Waals surface area contributed by atoms with Crippen LogP contribution in [0.25, 0.3) is 0 Å². The van der Waals surface area contributed by atoms with E-state index < -0.39 is 10.8 Å². The molecule has 9 heteroatoms. The molecule has 1 aromatic carbocycles. The monoisotopic (exact) mass is 284 g/mol. The third kappa shape index (κ3) is 2.60. The summed E-state index contributed by atoms with van der Waals surface area (Å²) < 4.78 is 0. The molecular formula is C9H5ClN4O3S. The lowest BCUT2D eigenvalue weighted by atomic mass is 10.2. The predicted molar refractivity (Wildman–Crippen MR) is 66.0 cm³/mol. The van der Waals surface area contributed by atoms with E-state index in [1.807, 2.05) is 0 Å². The van der Waals surface area contributed by atoms with E-state index in [1.165, 1.54) is 17.6 Å². The molecule has 0 saturated heterocycles. The summed E-state index contributed by atoms with van der Waals surface area (Å²) in [6.45, 7) is 0. The standard InChI is InChI=1S/C9H5ClN4O3S/c10-6-2-1-5(3-7(6)14(16)17)8(15)12-9-13-11-4-18-9/h1-4H,(H,12,13,15). The van der Waals surface area contributed by atoms with Gasteiger partial charge in [-0.25, -0.2) is 0 Å². The third-order valence-corrected chi connectivity index (χ3v) is 2.91. The Morgan fingerprint density at radius 3 is 2.89 bits per heavy atom. The van der Waals surface area contributed by atoms with Crippen LogP contribution in [0.1, 0.15) is 10.4 Å². The van der Waals surface area contributed by atoms with Gasteiger partial charge in [0.05, 0.1) is 4.92 Å². The molecule has 1 aromatic heterocycles. The molecule has 1 amide bonds. The zero-order chi connectivity index (χ0) is 13.1. The van der Waals surface area contributed by atoms with Crippen LogP contribution in [0.4, 0.5) is 10.8 Å². The lowest BCUT2D eigenvalue weighted by Gasteiger charge is -2.01. The van der Waals surface area contributed by atoms with Gasteiger partial charge < -0.3 is 0 Å². The van der Waals surface area contributed by atoms with E-state index >= 15 is 0 Å². The Kier molecular flexibility index (Phi) is 3.49. The summed E-state index contributed by atoms with van der Waals surface area (Å²) in [7, 11) is 0. The number of halogens is 1. The maximum Gasteiger partial charge on any atom is 0.288 e. The Labute approximate surface area is 110 Å². The zero-order valence-electron chi connectivity index (χ0n) is 8.66. The molecule has 0 aliphatic heterocycles. The molecule has 0 saturated carbocycles. The smallest absolute Gasteiger partial charge is 0.288 e. The SMILES string of the molecule is O=C(Nc1nncs1)c1ccc(Cl)c([N+](=O)[O-])c1. The topological polar surface area (TPSA) is 98.0 Å². The molecule has 0 radical (unpaired) electrons. The van der Waals surface area contributed by atoms with Gasteiger partial charge in [-0.1, -0.05) is 22.9 Å². The Morgan fingerprint density at radius 1 is 1.50 bits per heavy atom. The number of hydrogen-bond acceptors (Lipinski definition) is 6. The van der Waals surface area contributed by atoms with Crippen LogP contribution in [0, 0.1) is 10.1 Å². The van der Waals surface area contributed by atoms with Gasteiger partial charge in [-0.2, -0.15) is 0 Å². The number of anilines is 1. The molecule has 0 spiro atoms. The maximum absolute atomic E-state index is 11.8. The normalized spacial score (nSPS) is 10.1. The number of hydrogen-bond donors (Lipinski definition) is 1. The van der Waals surface area contributed by atoms with Gasteiger partial charge in [0.1, 0.15) is 10.5 Å². The molecule has 18 heavy (non-hydrogen) atoms. The van der Waals surface area contributed by atoms with E-state index in [-0.39, 0.29) is 16.3 Å². The fourth-order valence-corrected chi connectivity index (χ4v) is 1.82. The number of aromatic nitrogens is 2. The van der Waals surface area contributed by atoms with Crippen molar-refractivity contribution in [2.75, 3.05) is 5.32 Å². The highest BCUT2D eigenvalue weighted by Crippen LogP contribution is 2.25. The van der Waals surface area contributed by atoms with Gasteiger partial charge in [-0.15, -0.1) is 10.2 Å². The molecule has 1 N–H and O–H groups in total. The number of nitrogens with zero attached hydrogens (tertiary/aromatic N) is 3. The maximum atomic E-state index is 11.8. The molecule has 7 nitrogen and oxygen atoms in total. The summed E-state index contributed by atoms with van der Waals surface area (Å²) in [5, 5.41) is 20.6. The predicted octanol–water partition coefficient (Wildman–Crippen LogP) is 2.35. The van der Waals surface area contributed by atoms with Crippen molar-refractivity contribution in [2.24, 2.45) is 0 Å². The van der Waals surface area contributed by atoms with E-state index in [2.05, 4.69) is 15.5 Å². The second-order valence-corrected chi connectivity index (χ2v) is 4.36. The summed E-state index contributed by atoms with van der Waals surface area (Å²) in [6.07, 6.45) is 0. The van der Waals surface area contributed by atoms with Crippen LogP contribution < -0.4 is 5.32 Å². The van der Waals surface area contributed by atoms with E-state index in [4.69, 9.17) is 11.6 Å². The number of nitro benzene ring substituents is 1. The highest BCUT2D eigenvalue weighted by atomic mass is 35.5. The van der Waals surface area contributed by atoms with Crippen LogP contribution in [-0.4, -0.2) is 21.0 Å². The largest absolute Gasteiger partial charge is 0.296 e. The Morgan fingerprint density at radius 2 is 2.28 bits per heavy atom. The molecule has 0 bridgehead atoms. The van der Waals surface area contributed by atoms with E-state index in [9.17, 15) is 14.9 Å². The minimum atomic E-state index is -0.649. The van der Waals surface area contributed by atoms with Crippen molar-refractivity contribution in [3.05, 3.63) is 44.4 Å². The Bertz CT molecular complexity index is 602. The number of benzene rings is 1. The number of carbonyl (C=O) groups excluding carboxylic acids is 1. The molecule has 0 unspecified atom stereocenters. The zero-order valence-corrected chi connectivity index (χ0v) is 10.2. The van der Waals surface area contributed by atoms with Crippen molar-refractivity contribution >= 4 is 39.7 Å². The molecular weight excluding hydrogens is 280 g/mol. The second-order valence-electron chi connectivity index (χ2n) is 3.12. The van der Waals surface area contributed by atoms with Gasteiger partial charge in [-0.05, 0) is 12.1 Å². The van der Waals surface area contributed by atoms with Gasteiger partial charge in [0.15, 0.2) is 0 Å². The molecule has 1 heterocycles. The van der Waals surface area contributed by atoms with Crippen molar-refractivity contribution in [1.29, 1.82) is 0 Å². The number of nitro groups is 1. The van der Waals surface area contributed by atoms with Crippen LogP contribution in [-0.2, 0) is 0 Å². The molecule has 2 rings (SSSR count). The van der Waals surface area contributed by atoms with Crippen molar-refractivity contribution in [2.45, 2.75) is 0 Å². The highest BCUT2D eigenvalue weighted by molar-refractivity contribution is 7.13.